The molecular formula is C17H17N3O2S. The maximum atomic E-state index is 12.4. The van der Waals surface area contributed by atoms with Crippen LogP contribution in [0.1, 0.15) is 16.7 Å². The van der Waals surface area contributed by atoms with E-state index in [2.05, 4.69) is 14.7 Å². The zero-order chi connectivity index (χ0) is 16.4. The van der Waals surface area contributed by atoms with E-state index in [1.807, 2.05) is 38.1 Å². The predicted molar refractivity (Wildman–Crippen MR) is 89.5 cm³/mol. The van der Waals surface area contributed by atoms with E-state index >= 15 is 0 Å². The van der Waals surface area contributed by atoms with Crippen LogP contribution < -0.4 is 4.72 Å². The molecule has 6 heteroatoms. The second-order valence-electron chi connectivity index (χ2n) is 5.45. The third kappa shape index (κ3) is 3.38. The first kappa shape index (κ1) is 15.6. The zero-order valence-electron chi connectivity index (χ0n) is 12.9. The number of fused-ring (bicyclic) bond motifs is 1. The van der Waals surface area contributed by atoms with Crippen molar-refractivity contribution < 1.29 is 8.42 Å². The number of rotatable bonds is 4. The van der Waals surface area contributed by atoms with Gasteiger partial charge in [-0.05, 0) is 54.8 Å². The highest BCUT2D eigenvalue weighted by Gasteiger charge is 2.14. The van der Waals surface area contributed by atoms with Crippen molar-refractivity contribution in [2.75, 3.05) is 0 Å². The summed E-state index contributed by atoms with van der Waals surface area (Å²) >= 11 is 0. The minimum absolute atomic E-state index is 0.210. The summed E-state index contributed by atoms with van der Waals surface area (Å²) in [6.07, 6.45) is 3.25. The van der Waals surface area contributed by atoms with E-state index < -0.39 is 10.0 Å². The van der Waals surface area contributed by atoms with Gasteiger partial charge in [0.2, 0.25) is 10.0 Å². The quantitative estimate of drug-likeness (QED) is 0.800. The molecule has 0 aliphatic carbocycles. The van der Waals surface area contributed by atoms with Gasteiger partial charge in [-0.3, -0.25) is 9.97 Å². The van der Waals surface area contributed by atoms with Gasteiger partial charge in [-0.1, -0.05) is 12.1 Å². The fourth-order valence-corrected chi connectivity index (χ4v) is 3.36. The van der Waals surface area contributed by atoms with Crippen molar-refractivity contribution in [3.63, 3.8) is 0 Å². The van der Waals surface area contributed by atoms with Gasteiger partial charge >= 0.3 is 0 Å². The molecule has 0 unspecified atom stereocenters. The minimum atomic E-state index is -3.54. The Morgan fingerprint density at radius 2 is 1.65 bits per heavy atom. The lowest BCUT2D eigenvalue weighted by molar-refractivity contribution is 0.581. The fraction of sp³-hybridized carbons (Fsp3) is 0.176. The Kier molecular flexibility index (Phi) is 4.11. The van der Waals surface area contributed by atoms with Crippen LogP contribution in [0.4, 0.5) is 0 Å². The molecular weight excluding hydrogens is 310 g/mol. The molecule has 1 aromatic heterocycles. The topological polar surface area (TPSA) is 72.0 Å². The van der Waals surface area contributed by atoms with Crippen LogP contribution in [0.25, 0.3) is 11.0 Å². The van der Waals surface area contributed by atoms with Gasteiger partial charge in [-0.25, -0.2) is 13.1 Å². The Balaban J connectivity index is 1.81. The highest BCUT2D eigenvalue weighted by Crippen LogP contribution is 2.16. The van der Waals surface area contributed by atoms with Crippen molar-refractivity contribution in [3.05, 3.63) is 65.5 Å². The number of hydrogen-bond acceptors (Lipinski definition) is 4. The molecule has 2 aromatic carbocycles. The molecule has 0 bridgehead atoms. The average molecular weight is 327 g/mol. The summed E-state index contributed by atoms with van der Waals surface area (Å²) in [7, 11) is -3.54. The zero-order valence-corrected chi connectivity index (χ0v) is 13.8. The van der Waals surface area contributed by atoms with E-state index in [-0.39, 0.29) is 11.4 Å². The molecule has 0 saturated heterocycles. The van der Waals surface area contributed by atoms with Gasteiger partial charge in [0.05, 0.1) is 15.9 Å². The largest absolute Gasteiger partial charge is 0.253 e. The van der Waals surface area contributed by atoms with Crippen molar-refractivity contribution in [2.45, 2.75) is 25.3 Å². The first-order chi connectivity index (χ1) is 11.0. The molecule has 0 aliphatic heterocycles. The van der Waals surface area contributed by atoms with E-state index in [0.29, 0.717) is 0 Å². The molecule has 0 atom stereocenters. The van der Waals surface area contributed by atoms with Crippen molar-refractivity contribution in [3.8, 4) is 0 Å². The molecule has 0 saturated carbocycles. The van der Waals surface area contributed by atoms with Crippen LogP contribution in [-0.2, 0) is 16.6 Å². The molecule has 5 nitrogen and oxygen atoms in total. The standard InChI is InChI=1S/C17H17N3O2S/c1-12-3-5-15(9-13(12)2)23(21,22)20-11-14-4-6-16-17(10-14)19-8-7-18-16/h3-10,20H,11H2,1-2H3. The van der Waals surface area contributed by atoms with E-state index in [1.165, 1.54) is 0 Å². The smallest absolute Gasteiger partial charge is 0.240 e. The molecule has 0 fully saturated rings. The Bertz CT molecular complexity index is 968. The number of sulfonamides is 1. The average Bonchev–Trinajstić information content (AvgIpc) is 2.55. The van der Waals surface area contributed by atoms with Gasteiger partial charge in [0.15, 0.2) is 0 Å². The fourth-order valence-electron chi connectivity index (χ4n) is 2.26. The Morgan fingerprint density at radius 1 is 0.913 bits per heavy atom. The predicted octanol–water partition coefficient (Wildman–Crippen LogP) is 2.73. The summed E-state index contributed by atoms with van der Waals surface area (Å²) < 4.78 is 27.4. The number of hydrogen-bond donors (Lipinski definition) is 1. The van der Waals surface area contributed by atoms with Gasteiger partial charge in [0.1, 0.15) is 0 Å². The maximum absolute atomic E-state index is 12.4. The summed E-state index contributed by atoms with van der Waals surface area (Å²) in [5.74, 6) is 0. The molecule has 0 radical (unpaired) electrons. The summed E-state index contributed by atoms with van der Waals surface area (Å²) in [5, 5.41) is 0. The number of nitrogens with zero attached hydrogens (tertiary/aromatic N) is 2. The number of aromatic nitrogens is 2. The lowest BCUT2D eigenvalue weighted by atomic mass is 10.1. The Morgan fingerprint density at radius 3 is 2.39 bits per heavy atom. The van der Waals surface area contributed by atoms with Crippen LogP contribution in [0.2, 0.25) is 0 Å². The first-order valence-electron chi connectivity index (χ1n) is 7.22. The van der Waals surface area contributed by atoms with Gasteiger partial charge in [0, 0.05) is 18.9 Å². The third-order valence-corrected chi connectivity index (χ3v) is 5.19. The Hall–Kier alpha value is -2.31. The van der Waals surface area contributed by atoms with Gasteiger partial charge in [-0.2, -0.15) is 0 Å². The molecule has 0 aliphatic rings. The van der Waals surface area contributed by atoms with Gasteiger partial charge < -0.3 is 0 Å². The van der Waals surface area contributed by atoms with Crippen molar-refractivity contribution in [1.82, 2.24) is 14.7 Å². The summed E-state index contributed by atoms with van der Waals surface area (Å²) in [6.45, 7) is 4.06. The number of aryl methyl sites for hydroxylation is 2. The van der Waals surface area contributed by atoms with Crippen molar-refractivity contribution in [1.29, 1.82) is 0 Å². The first-order valence-corrected chi connectivity index (χ1v) is 8.70. The molecule has 0 spiro atoms. The highest BCUT2D eigenvalue weighted by molar-refractivity contribution is 7.89. The molecule has 1 N–H and O–H groups in total. The van der Waals surface area contributed by atoms with Gasteiger partial charge in [-0.15, -0.1) is 0 Å². The van der Waals surface area contributed by atoms with Crippen LogP contribution in [0.3, 0.4) is 0 Å². The minimum Gasteiger partial charge on any atom is -0.253 e. The molecule has 23 heavy (non-hydrogen) atoms. The monoisotopic (exact) mass is 327 g/mol. The van der Waals surface area contributed by atoms with Crippen LogP contribution in [0.5, 0.6) is 0 Å². The lowest BCUT2D eigenvalue weighted by Crippen LogP contribution is -2.23. The molecule has 3 rings (SSSR count). The summed E-state index contributed by atoms with van der Waals surface area (Å²) in [4.78, 5) is 8.70. The van der Waals surface area contributed by atoms with Crippen LogP contribution in [-0.4, -0.2) is 18.4 Å². The second kappa shape index (κ2) is 6.06. The molecule has 1 heterocycles. The van der Waals surface area contributed by atoms with E-state index in [9.17, 15) is 8.42 Å². The van der Waals surface area contributed by atoms with Crippen LogP contribution >= 0.6 is 0 Å². The lowest BCUT2D eigenvalue weighted by Gasteiger charge is -2.09. The molecule has 118 valence electrons. The second-order valence-corrected chi connectivity index (χ2v) is 7.22. The molecule has 0 amide bonds. The van der Waals surface area contributed by atoms with Crippen LogP contribution in [0, 0.1) is 13.8 Å². The van der Waals surface area contributed by atoms with E-state index in [4.69, 9.17) is 0 Å². The summed E-state index contributed by atoms with van der Waals surface area (Å²) in [6, 6.07) is 10.6. The maximum Gasteiger partial charge on any atom is 0.240 e. The SMILES string of the molecule is Cc1ccc(S(=O)(=O)NCc2ccc3nccnc3c2)cc1C. The third-order valence-electron chi connectivity index (χ3n) is 3.79. The number of benzene rings is 2. The van der Waals surface area contributed by atoms with E-state index in [1.54, 1.807) is 24.5 Å². The van der Waals surface area contributed by atoms with Crippen molar-refractivity contribution >= 4 is 21.1 Å². The number of nitrogens with one attached hydrogen (secondary N) is 1. The molecule has 3 aromatic rings. The highest BCUT2D eigenvalue weighted by atomic mass is 32.2. The van der Waals surface area contributed by atoms with Gasteiger partial charge in [0.25, 0.3) is 0 Å². The Labute approximate surface area is 135 Å². The van der Waals surface area contributed by atoms with Crippen LogP contribution in [0.15, 0.2) is 53.7 Å². The van der Waals surface area contributed by atoms with Crippen molar-refractivity contribution in [2.24, 2.45) is 0 Å². The normalized spacial score (nSPS) is 11.7. The summed E-state index contributed by atoms with van der Waals surface area (Å²) in [5.41, 5.74) is 4.39. The van der Waals surface area contributed by atoms with E-state index in [0.717, 1.165) is 27.7 Å².